The van der Waals surface area contributed by atoms with Gasteiger partial charge >= 0.3 is 0 Å². The molecule has 3 heteroatoms. The second-order valence-electron chi connectivity index (χ2n) is 5.61. The lowest BCUT2D eigenvalue weighted by Gasteiger charge is -2.11. The summed E-state index contributed by atoms with van der Waals surface area (Å²) >= 11 is 0. The van der Waals surface area contributed by atoms with E-state index < -0.39 is 0 Å². The van der Waals surface area contributed by atoms with Crippen LogP contribution >= 0.6 is 0 Å². The third-order valence-corrected chi connectivity index (χ3v) is 3.73. The van der Waals surface area contributed by atoms with Crippen LogP contribution in [-0.4, -0.2) is 11.6 Å². The third-order valence-electron chi connectivity index (χ3n) is 3.73. The largest absolute Gasteiger partial charge is 0.370 e. The van der Waals surface area contributed by atoms with Crippen molar-refractivity contribution in [3.8, 4) is 11.1 Å². The van der Waals surface area contributed by atoms with E-state index in [1.54, 1.807) is 0 Å². The van der Waals surface area contributed by atoms with Crippen LogP contribution in [0.1, 0.15) is 36.5 Å². The van der Waals surface area contributed by atoms with E-state index in [1.165, 1.54) is 5.56 Å². The normalized spacial score (nSPS) is 10.9. The van der Waals surface area contributed by atoms with Crippen LogP contribution in [0.5, 0.6) is 0 Å². The van der Waals surface area contributed by atoms with Crippen LogP contribution in [0.3, 0.4) is 0 Å². The number of aryl methyl sites for hydroxylation is 1. The van der Waals surface area contributed by atoms with Crippen LogP contribution in [0.25, 0.3) is 17.2 Å². The molecule has 3 N–H and O–H groups in total. The summed E-state index contributed by atoms with van der Waals surface area (Å²) in [6.07, 6.45) is 4.61. The molecule has 0 heterocycles. The van der Waals surface area contributed by atoms with E-state index in [1.807, 2.05) is 37.3 Å². The number of rotatable bonds is 6. The molecule has 0 spiro atoms. The summed E-state index contributed by atoms with van der Waals surface area (Å²) in [4.78, 5) is 10.9. The lowest BCUT2D eigenvalue weighted by atomic mass is 9.94. The van der Waals surface area contributed by atoms with Gasteiger partial charge in [-0.1, -0.05) is 54.1 Å². The van der Waals surface area contributed by atoms with Gasteiger partial charge in [-0.25, -0.2) is 0 Å². The van der Waals surface area contributed by atoms with E-state index in [-0.39, 0.29) is 12.3 Å². The number of hydrogen-bond acceptors (Lipinski definition) is 2. The Morgan fingerprint density at radius 2 is 1.83 bits per heavy atom. The molecule has 23 heavy (non-hydrogen) atoms. The molecule has 0 aliphatic carbocycles. The maximum atomic E-state index is 10.9. The minimum atomic E-state index is -0.375. The smallest absolute Gasteiger partial charge is 0.217 e. The van der Waals surface area contributed by atoms with E-state index in [4.69, 9.17) is 11.1 Å². The number of hydrogen-bond donors (Lipinski definition) is 2. The molecule has 2 aromatic carbocycles. The quantitative estimate of drug-likeness (QED) is 0.766. The fourth-order valence-corrected chi connectivity index (χ4v) is 2.46. The first-order valence-corrected chi connectivity index (χ1v) is 7.71. The molecule has 0 bridgehead atoms. The molecule has 0 unspecified atom stereocenters. The van der Waals surface area contributed by atoms with Crippen molar-refractivity contribution in [2.24, 2.45) is 5.73 Å². The summed E-state index contributed by atoms with van der Waals surface area (Å²) in [5.41, 5.74) is 11.0. The lowest BCUT2D eigenvalue weighted by Crippen LogP contribution is -2.12. The van der Waals surface area contributed by atoms with Crippen LogP contribution in [0.4, 0.5) is 0 Å². The van der Waals surface area contributed by atoms with E-state index in [9.17, 15) is 4.79 Å². The van der Waals surface area contributed by atoms with Crippen LogP contribution in [0.15, 0.2) is 48.5 Å². The monoisotopic (exact) mass is 306 g/mol. The highest BCUT2D eigenvalue weighted by atomic mass is 16.1. The molecule has 1 amide bonds. The minimum Gasteiger partial charge on any atom is -0.370 e. The zero-order chi connectivity index (χ0) is 16.8. The molecule has 0 aromatic heterocycles. The molecule has 0 aliphatic rings. The average molecular weight is 306 g/mol. The van der Waals surface area contributed by atoms with Crippen molar-refractivity contribution < 1.29 is 4.79 Å². The molecule has 2 aromatic rings. The summed E-state index contributed by atoms with van der Waals surface area (Å²) in [6, 6.07) is 14.4. The fourth-order valence-electron chi connectivity index (χ4n) is 2.46. The van der Waals surface area contributed by atoms with Gasteiger partial charge in [0.25, 0.3) is 0 Å². The first kappa shape index (κ1) is 16.7. The zero-order valence-corrected chi connectivity index (χ0v) is 13.6. The Bertz CT molecular complexity index is 743. The number of carbonyl (C=O) groups is 1. The molecular formula is C20H22N2O. The Morgan fingerprint density at radius 1 is 1.13 bits per heavy atom. The molecule has 2 rings (SSSR count). The average Bonchev–Trinajstić information content (AvgIpc) is 2.54. The van der Waals surface area contributed by atoms with Crippen molar-refractivity contribution in [3.05, 3.63) is 65.2 Å². The number of nitrogens with two attached hydrogens (primary N) is 1. The van der Waals surface area contributed by atoms with Gasteiger partial charge in [-0.15, -0.1) is 0 Å². The van der Waals surface area contributed by atoms with Crippen LogP contribution in [0.2, 0.25) is 0 Å². The standard InChI is InChI=1S/C20H22N2O/c1-3-4-16-13-17(19(21)11-12-20(22)23)9-10-18(16)15-7-5-14(2)6-8-15/h3-10,13,21H,11-12H2,1-2H3,(H2,22,23)/b4-3+,21-19?. The Balaban J connectivity index is 2.36. The molecule has 0 fully saturated rings. The molecule has 0 saturated heterocycles. The molecule has 0 radical (unpaired) electrons. The molecule has 0 aliphatic heterocycles. The predicted octanol–water partition coefficient (Wildman–Crippen LogP) is 4.33. The van der Waals surface area contributed by atoms with Crippen LogP contribution < -0.4 is 5.73 Å². The Morgan fingerprint density at radius 3 is 2.43 bits per heavy atom. The van der Waals surface area contributed by atoms with Gasteiger partial charge in [0.15, 0.2) is 0 Å². The van der Waals surface area contributed by atoms with Gasteiger partial charge in [-0.2, -0.15) is 0 Å². The van der Waals surface area contributed by atoms with E-state index >= 15 is 0 Å². The number of carbonyl (C=O) groups excluding carboxylic acids is 1. The van der Waals surface area contributed by atoms with Gasteiger partial charge in [-0.05, 0) is 48.6 Å². The van der Waals surface area contributed by atoms with Gasteiger partial charge in [0.05, 0.1) is 0 Å². The maximum absolute atomic E-state index is 10.9. The van der Waals surface area contributed by atoms with Gasteiger partial charge in [0, 0.05) is 12.1 Å². The second-order valence-corrected chi connectivity index (χ2v) is 5.61. The van der Waals surface area contributed by atoms with Crippen molar-refractivity contribution in [2.45, 2.75) is 26.7 Å². The molecule has 3 nitrogen and oxygen atoms in total. The highest BCUT2D eigenvalue weighted by Gasteiger charge is 2.08. The second kappa shape index (κ2) is 7.54. The number of primary amides is 1. The van der Waals surface area contributed by atoms with Crippen molar-refractivity contribution in [1.82, 2.24) is 0 Å². The van der Waals surface area contributed by atoms with E-state index in [0.717, 1.165) is 22.3 Å². The van der Waals surface area contributed by atoms with Crippen LogP contribution in [-0.2, 0) is 4.79 Å². The Hall–Kier alpha value is -2.68. The molecular weight excluding hydrogens is 284 g/mol. The molecule has 0 saturated carbocycles. The van der Waals surface area contributed by atoms with E-state index in [0.29, 0.717) is 12.1 Å². The van der Waals surface area contributed by atoms with Gasteiger partial charge in [-0.3, -0.25) is 4.79 Å². The topological polar surface area (TPSA) is 66.9 Å². The lowest BCUT2D eigenvalue weighted by molar-refractivity contribution is -0.117. The number of allylic oxidation sites excluding steroid dienone is 1. The summed E-state index contributed by atoms with van der Waals surface area (Å²) in [6.45, 7) is 4.05. The number of amides is 1. The fraction of sp³-hybridized carbons (Fsp3) is 0.200. The number of benzene rings is 2. The summed E-state index contributed by atoms with van der Waals surface area (Å²) in [7, 11) is 0. The zero-order valence-electron chi connectivity index (χ0n) is 13.6. The van der Waals surface area contributed by atoms with Crippen molar-refractivity contribution >= 4 is 17.7 Å². The number of nitrogens with one attached hydrogen (secondary N) is 1. The van der Waals surface area contributed by atoms with Gasteiger partial charge in [0.1, 0.15) is 0 Å². The Kier molecular flexibility index (Phi) is 5.47. The van der Waals surface area contributed by atoms with E-state index in [2.05, 4.69) is 31.2 Å². The SMILES string of the molecule is C/C=C/c1cc(C(=N)CCC(N)=O)ccc1-c1ccc(C)cc1. The first-order valence-electron chi connectivity index (χ1n) is 7.71. The van der Waals surface area contributed by atoms with Crippen LogP contribution in [0, 0.1) is 12.3 Å². The highest BCUT2D eigenvalue weighted by Crippen LogP contribution is 2.27. The third kappa shape index (κ3) is 4.39. The van der Waals surface area contributed by atoms with Gasteiger partial charge in [0.2, 0.25) is 5.91 Å². The summed E-state index contributed by atoms with van der Waals surface area (Å²) in [5, 5.41) is 8.12. The van der Waals surface area contributed by atoms with Crippen molar-refractivity contribution in [1.29, 1.82) is 5.41 Å². The molecule has 0 atom stereocenters. The Labute approximate surface area is 137 Å². The highest BCUT2D eigenvalue weighted by molar-refractivity contribution is 6.01. The van der Waals surface area contributed by atoms with Gasteiger partial charge < -0.3 is 11.1 Å². The van der Waals surface area contributed by atoms with Crippen molar-refractivity contribution in [3.63, 3.8) is 0 Å². The summed E-state index contributed by atoms with van der Waals surface area (Å²) < 4.78 is 0. The summed E-state index contributed by atoms with van der Waals surface area (Å²) in [5.74, 6) is -0.375. The maximum Gasteiger partial charge on any atom is 0.217 e. The predicted molar refractivity (Wildman–Crippen MR) is 96.6 cm³/mol. The minimum absolute atomic E-state index is 0.206. The first-order chi connectivity index (χ1) is 11.0. The van der Waals surface area contributed by atoms with Crippen molar-refractivity contribution in [2.75, 3.05) is 0 Å². The molecule has 118 valence electrons.